The molecule has 0 fully saturated rings. The molecular formula is C25H17IrN4O2-. The molecule has 0 atom stereocenters. The molecule has 0 unspecified atom stereocenters. The quantitative estimate of drug-likeness (QED) is 0.302. The van der Waals surface area contributed by atoms with Crippen LogP contribution in [-0.2, 0) is 20.1 Å². The van der Waals surface area contributed by atoms with Crippen molar-refractivity contribution in [3.63, 3.8) is 0 Å². The number of carboxylic acids is 1. The third-order valence-corrected chi connectivity index (χ3v) is 5.06. The third kappa shape index (κ3) is 3.80. The monoisotopic (exact) mass is 598 g/mol. The van der Waals surface area contributed by atoms with Gasteiger partial charge in [0.25, 0.3) is 0 Å². The fraction of sp³-hybridized carbons (Fsp3) is 0. The second kappa shape index (κ2) is 9.14. The maximum Gasteiger partial charge on any atom is 0.354 e. The Kier molecular flexibility index (Phi) is 6.12. The summed E-state index contributed by atoms with van der Waals surface area (Å²) in [6.07, 6.45) is 5.21. The van der Waals surface area contributed by atoms with Gasteiger partial charge in [-0.2, -0.15) is 0 Å². The Bertz CT molecular complexity index is 1470. The number of nitrogens with zero attached hydrogens (tertiary/aromatic N) is 4. The van der Waals surface area contributed by atoms with Crippen molar-refractivity contribution in [1.29, 1.82) is 0 Å². The number of carboxylic acid groups (broad SMARTS) is 1. The van der Waals surface area contributed by atoms with Gasteiger partial charge in [0.1, 0.15) is 5.69 Å². The molecular weight excluding hydrogens is 581 g/mol. The molecule has 7 heteroatoms. The number of aromatic nitrogens is 4. The van der Waals surface area contributed by atoms with Crippen LogP contribution in [0.1, 0.15) is 10.5 Å². The standard InChI is InChI=1S/C19H12N3.C6H5NO2.Ir/c1-2-7-14-13(6-1)12-21-18(14)22-17-10-4-3-8-15(17)16-9-5-11-20-19(16)22;8-6(9)5-3-1-2-4-7-5;/h1-12H;1-4H,(H,8,9);/q-1;;. The first-order valence-electron chi connectivity index (χ1n) is 9.73. The molecule has 6 aromatic rings. The zero-order chi connectivity index (χ0) is 21.2. The van der Waals surface area contributed by atoms with Crippen molar-refractivity contribution in [3.05, 3.63) is 103 Å². The van der Waals surface area contributed by atoms with E-state index in [1.54, 1.807) is 12.1 Å². The zero-order valence-corrected chi connectivity index (χ0v) is 19.1. The average Bonchev–Trinajstić information content (AvgIpc) is 3.39. The number of fused-ring (bicyclic) bond motifs is 4. The SMILES string of the molecule is O=C(O)c1ccccn1.[Ir].c1ccc2c(-n3c4ccccc4c4cccnc43)[n-]cc2c1. The van der Waals surface area contributed by atoms with Gasteiger partial charge in [-0.05, 0) is 45.7 Å². The zero-order valence-electron chi connectivity index (χ0n) is 16.7. The number of rotatable bonds is 2. The molecule has 0 spiro atoms. The molecule has 0 saturated heterocycles. The molecule has 0 saturated carbocycles. The maximum atomic E-state index is 10.1. The minimum Gasteiger partial charge on any atom is -0.477 e. The Balaban J connectivity index is 0.000000209. The van der Waals surface area contributed by atoms with Crippen LogP contribution in [0.2, 0.25) is 0 Å². The van der Waals surface area contributed by atoms with E-state index in [9.17, 15) is 4.79 Å². The number of aromatic carboxylic acids is 1. The Morgan fingerprint density at radius 1 is 0.781 bits per heavy atom. The van der Waals surface area contributed by atoms with Crippen molar-refractivity contribution in [2.24, 2.45) is 0 Å². The molecule has 0 aliphatic carbocycles. The van der Waals surface area contributed by atoms with E-state index in [4.69, 9.17) is 5.11 Å². The largest absolute Gasteiger partial charge is 0.477 e. The summed E-state index contributed by atoms with van der Waals surface area (Å²) in [4.78, 5) is 23.0. The number of benzene rings is 2. The molecule has 4 heterocycles. The number of para-hydroxylation sites is 1. The summed E-state index contributed by atoms with van der Waals surface area (Å²) in [5.41, 5.74) is 2.17. The number of hydrogen-bond donors (Lipinski definition) is 1. The summed E-state index contributed by atoms with van der Waals surface area (Å²) in [5.74, 6) is -0.0453. The first-order valence-corrected chi connectivity index (χ1v) is 9.73. The minimum absolute atomic E-state index is 0. The van der Waals surface area contributed by atoms with Crippen LogP contribution in [0.15, 0.2) is 97.5 Å². The first kappa shape index (κ1) is 21.4. The molecule has 4 aromatic heterocycles. The minimum atomic E-state index is -0.990. The predicted molar refractivity (Wildman–Crippen MR) is 121 cm³/mol. The Labute approximate surface area is 196 Å². The molecule has 0 aliphatic rings. The molecule has 0 amide bonds. The van der Waals surface area contributed by atoms with E-state index in [1.807, 2.05) is 24.5 Å². The van der Waals surface area contributed by atoms with E-state index in [2.05, 4.69) is 68.0 Å². The van der Waals surface area contributed by atoms with Crippen LogP contribution in [0.25, 0.3) is 38.5 Å². The van der Waals surface area contributed by atoms with Gasteiger partial charge in [-0.25, -0.2) is 9.78 Å². The van der Waals surface area contributed by atoms with Gasteiger partial charge in [0.05, 0.1) is 5.65 Å². The van der Waals surface area contributed by atoms with E-state index >= 15 is 0 Å². The van der Waals surface area contributed by atoms with E-state index in [0.29, 0.717) is 0 Å². The number of carbonyl (C=O) groups is 1. The van der Waals surface area contributed by atoms with E-state index in [1.165, 1.54) is 17.6 Å². The first-order chi connectivity index (χ1) is 15.2. The van der Waals surface area contributed by atoms with Crippen molar-refractivity contribution in [3.8, 4) is 5.82 Å². The average molecular weight is 598 g/mol. The maximum absolute atomic E-state index is 10.1. The Morgan fingerprint density at radius 3 is 2.22 bits per heavy atom. The van der Waals surface area contributed by atoms with Gasteiger partial charge in [0.2, 0.25) is 0 Å². The predicted octanol–water partition coefficient (Wildman–Crippen LogP) is 5.07. The van der Waals surface area contributed by atoms with E-state index in [-0.39, 0.29) is 25.8 Å². The van der Waals surface area contributed by atoms with Crippen molar-refractivity contribution in [2.45, 2.75) is 0 Å². The topological polar surface area (TPSA) is 82.1 Å². The van der Waals surface area contributed by atoms with Crippen LogP contribution >= 0.6 is 0 Å². The van der Waals surface area contributed by atoms with Crippen LogP contribution in [0.5, 0.6) is 0 Å². The summed E-state index contributed by atoms with van der Waals surface area (Å²) >= 11 is 0. The molecule has 0 bridgehead atoms. The van der Waals surface area contributed by atoms with Gasteiger partial charge >= 0.3 is 5.97 Å². The number of pyridine rings is 2. The van der Waals surface area contributed by atoms with E-state index < -0.39 is 5.97 Å². The summed E-state index contributed by atoms with van der Waals surface area (Å²) < 4.78 is 2.16. The fourth-order valence-electron chi connectivity index (χ4n) is 3.69. The van der Waals surface area contributed by atoms with E-state index in [0.717, 1.165) is 33.1 Å². The Morgan fingerprint density at radius 2 is 1.47 bits per heavy atom. The molecule has 6 nitrogen and oxygen atoms in total. The second-order valence-electron chi connectivity index (χ2n) is 6.92. The molecule has 1 N–H and O–H groups in total. The van der Waals surface area contributed by atoms with Gasteiger partial charge < -0.3 is 14.7 Å². The van der Waals surface area contributed by atoms with Crippen LogP contribution < -0.4 is 4.98 Å². The van der Waals surface area contributed by atoms with Crippen molar-refractivity contribution < 1.29 is 30.0 Å². The third-order valence-electron chi connectivity index (χ3n) is 5.06. The van der Waals surface area contributed by atoms with Gasteiger partial charge in [0, 0.05) is 37.9 Å². The summed E-state index contributed by atoms with van der Waals surface area (Å²) in [5, 5.41) is 13.0. The van der Waals surface area contributed by atoms with Crippen LogP contribution in [0.3, 0.4) is 0 Å². The normalized spacial score (nSPS) is 10.5. The van der Waals surface area contributed by atoms with Gasteiger partial charge in [-0.3, -0.25) is 4.98 Å². The fourth-order valence-corrected chi connectivity index (χ4v) is 3.69. The van der Waals surface area contributed by atoms with Crippen LogP contribution in [-0.4, -0.2) is 25.6 Å². The summed E-state index contributed by atoms with van der Waals surface area (Å²) in [7, 11) is 0. The molecule has 32 heavy (non-hydrogen) atoms. The molecule has 6 rings (SSSR count). The van der Waals surface area contributed by atoms with Crippen LogP contribution in [0.4, 0.5) is 0 Å². The molecule has 2 aromatic carbocycles. The van der Waals surface area contributed by atoms with Gasteiger partial charge in [0.15, 0.2) is 0 Å². The van der Waals surface area contributed by atoms with Gasteiger partial charge in [-0.1, -0.05) is 66.9 Å². The molecule has 1 radical (unpaired) electrons. The molecule has 0 aliphatic heterocycles. The Hall–Kier alpha value is -3.80. The smallest absolute Gasteiger partial charge is 0.354 e. The van der Waals surface area contributed by atoms with Crippen molar-refractivity contribution >= 4 is 38.7 Å². The van der Waals surface area contributed by atoms with Crippen molar-refractivity contribution in [2.75, 3.05) is 0 Å². The summed E-state index contributed by atoms with van der Waals surface area (Å²) in [6.45, 7) is 0. The van der Waals surface area contributed by atoms with Crippen LogP contribution in [0, 0.1) is 0 Å². The second-order valence-corrected chi connectivity index (χ2v) is 6.92. The number of hydrogen-bond acceptors (Lipinski definition) is 3. The van der Waals surface area contributed by atoms with Crippen molar-refractivity contribution in [1.82, 2.24) is 19.5 Å². The summed E-state index contributed by atoms with van der Waals surface area (Å²) in [6, 6.07) is 25.5. The van der Waals surface area contributed by atoms with Gasteiger partial charge in [-0.15, -0.1) is 0 Å². The molecule has 159 valence electrons.